The lowest BCUT2D eigenvalue weighted by atomic mass is 9.87. The predicted molar refractivity (Wildman–Crippen MR) is 57.5 cm³/mol. The van der Waals surface area contributed by atoms with Crippen molar-refractivity contribution in [2.24, 2.45) is 5.92 Å². The van der Waals surface area contributed by atoms with Gasteiger partial charge < -0.3 is 0 Å². The Kier molecular flexibility index (Phi) is 2.73. The first-order valence-corrected chi connectivity index (χ1v) is 5.65. The van der Waals surface area contributed by atoms with Gasteiger partial charge in [0.15, 0.2) is 0 Å². The molecule has 0 aromatic carbocycles. The molecule has 0 saturated heterocycles. The van der Waals surface area contributed by atoms with E-state index in [2.05, 4.69) is 23.8 Å². The van der Waals surface area contributed by atoms with Crippen molar-refractivity contribution in [2.45, 2.75) is 39.0 Å². The second-order valence-corrected chi connectivity index (χ2v) is 4.40. The van der Waals surface area contributed by atoms with Gasteiger partial charge in [-0.15, -0.1) is 11.6 Å². The third-order valence-electron chi connectivity index (χ3n) is 2.89. The van der Waals surface area contributed by atoms with Crippen LogP contribution in [0.4, 0.5) is 0 Å². The van der Waals surface area contributed by atoms with E-state index in [1.54, 1.807) is 0 Å². The maximum Gasteiger partial charge on any atom is 0.143 e. The Balaban J connectivity index is 2.43. The second kappa shape index (κ2) is 3.85. The lowest BCUT2D eigenvalue weighted by Crippen LogP contribution is -2.16. The monoisotopic (exact) mass is 210 g/mol. The quantitative estimate of drug-likeness (QED) is 0.666. The van der Waals surface area contributed by atoms with Gasteiger partial charge in [0.25, 0.3) is 0 Å². The molecular weight excluding hydrogens is 196 g/mol. The molecule has 2 nitrogen and oxygen atoms in total. The third kappa shape index (κ3) is 1.76. The fourth-order valence-electron chi connectivity index (χ4n) is 2.08. The molecule has 0 amide bonds. The van der Waals surface area contributed by atoms with E-state index >= 15 is 0 Å². The van der Waals surface area contributed by atoms with Crippen molar-refractivity contribution >= 4 is 11.6 Å². The average molecular weight is 211 g/mol. The van der Waals surface area contributed by atoms with Gasteiger partial charge in [0.05, 0.1) is 5.88 Å². The number of fused-ring (bicyclic) bond motifs is 1. The zero-order valence-corrected chi connectivity index (χ0v) is 9.43. The second-order valence-electron chi connectivity index (χ2n) is 4.13. The number of aromatic nitrogens is 2. The number of nitrogens with zero attached hydrogens (tertiary/aromatic N) is 2. The molecule has 1 unspecified atom stereocenters. The summed E-state index contributed by atoms with van der Waals surface area (Å²) >= 11 is 5.75. The van der Waals surface area contributed by atoms with E-state index in [9.17, 15) is 0 Å². The normalized spacial score (nSPS) is 20.6. The van der Waals surface area contributed by atoms with E-state index in [4.69, 9.17) is 11.6 Å². The molecule has 2 rings (SSSR count). The van der Waals surface area contributed by atoms with Gasteiger partial charge in [-0.3, -0.25) is 0 Å². The highest BCUT2D eigenvalue weighted by atomic mass is 35.5. The molecule has 0 fully saturated rings. The molecule has 1 aliphatic rings. The Labute approximate surface area is 89.7 Å². The minimum atomic E-state index is 0.420. The molecule has 1 aromatic heterocycles. The molecule has 0 bridgehead atoms. The van der Waals surface area contributed by atoms with Crippen molar-refractivity contribution in [3.63, 3.8) is 0 Å². The topological polar surface area (TPSA) is 25.8 Å². The lowest BCUT2D eigenvalue weighted by Gasteiger charge is -2.22. The summed E-state index contributed by atoms with van der Waals surface area (Å²) in [7, 11) is 0. The highest BCUT2D eigenvalue weighted by molar-refractivity contribution is 6.16. The predicted octanol–water partition coefficient (Wildman–Crippen LogP) is 2.65. The Hall–Kier alpha value is -0.630. The molecule has 3 heteroatoms. The van der Waals surface area contributed by atoms with Crippen LogP contribution in [0.1, 0.15) is 36.1 Å². The van der Waals surface area contributed by atoms with Crippen LogP contribution in [0.15, 0.2) is 0 Å². The van der Waals surface area contributed by atoms with Gasteiger partial charge in [0.1, 0.15) is 5.82 Å². The van der Waals surface area contributed by atoms with E-state index in [0.717, 1.165) is 30.3 Å². The SMILES string of the molecule is Cc1nc(CCl)nc2c1CC(C)CC2. The number of hydrogen-bond acceptors (Lipinski definition) is 2. The average Bonchev–Trinajstić information content (AvgIpc) is 2.19. The molecule has 14 heavy (non-hydrogen) atoms. The third-order valence-corrected chi connectivity index (χ3v) is 3.13. The van der Waals surface area contributed by atoms with Crippen LogP contribution in [0.3, 0.4) is 0 Å². The summed E-state index contributed by atoms with van der Waals surface area (Å²) in [5.74, 6) is 1.97. The highest BCUT2D eigenvalue weighted by Gasteiger charge is 2.19. The Morgan fingerprint density at radius 1 is 1.43 bits per heavy atom. The maximum absolute atomic E-state index is 5.75. The maximum atomic E-state index is 5.75. The molecule has 0 radical (unpaired) electrons. The molecule has 0 spiro atoms. The summed E-state index contributed by atoms with van der Waals surface area (Å²) < 4.78 is 0. The van der Waals surface area contributed by atoms with Crippen molar-refractivity contribution in [2.75, 3.05) is 0 Å². The minimum Gasteiger partial charge on any atom is -0.237 e. The van der Waals surface area contributed by atoms with Crippen LogP contribution in [0.2, 0.25) is 0 Å². The summed E-state index contributed by atoms with van der Waals surface area (Å²) in [5, 5.41) is 0. The van der Waals surface area contributed by atoms with Crippen molar-refractivity contribution in [3.05, 3.63) is 22.8 Å². The molecule has 0 N–H and O–H groups in total. The minimum absolute atomic E-state index is 0.420. The fraction of sp³-hybridized carbons (Fsp3) is 0.636. The fourth-order valence-corrected chi connectivity index (χ4v) is 2.20. The smallest absolute Gasteiger partial charge is 0.143 e. The van der Waals surface area contributed by atoms with Gasteiger partial charge >= 0.3 is 0 Å². The summed E-state index contributed by atoms with van der Waals surface area (Å²) in [5.41, 5.74) is 3.71. The van der Waals surface area contributed by atoms with Crippen LogP contribution in [0, 0.1) is 12.8 Å². The number of alkyl halides is 1. The number of rotatable bonds is 1. The number of aryl methyl sites for hydroxylation is 2. The number of halogens is 1. The Bertz CT molecular complexity index is 349. The Morgan fingerprint density at radius 3 is 2.93 bits per heavy atom. The molecule has 1 aromatic rings. The van der Waals surface area contributed by atoms with Crippen molar-refractivity contribution < 1.29 is 0 Å². The van der Waals surface area contributed by atoms with Crippen LogP contribution < -0.4 is 0 Å². The lowest BCUT2D eigenvalue weighted by molar-refractivity contribution is 0.488. The van der Waals surface area contributed by atoms with Gasteiger partial charge in [0, 0.05) is 11.4 Å². The summed E-state index contributed by atoms with van der Waals surface area (Å²) in [4.78, 5) is 8.88. The zero-order chi connectivity index (χ0) is 10.1. The zero-order valence-electron chi connectivity index (χ0n) is 8.68. The molecule has 0 saturated carbocycles. The van der Waals surface area contributed by atoms with Crippen LogP contribution in [0.25, 0.3) is 0 Å². The molecular formula is C11H15ClN2. The standard InChI is InChI=1S/C11H15ClN2/c1-7-3-4-10-9(5-7)8(2)13-11(6-12)14-10/h7H,3-6H2,1-2H3. The first-order valence-electron chi connectivity index (χ1n) is 5.12. The van der Waals surface area contributed by atoms with Crippen molar-refractivity contribution in [1.29, 1.82) is 0 Å². The van der Waals surface area contributed by atoms with Gasteiger partial charge in [0.2, 0.25) is 0 Å². The van der Waals surface area contributed by atoms with E-state index in [0.29, 0.717) is 5.88 Å². The van der Waals surface area contributed by atoms with Gasteiger partial charge in [-0.1, -0.05) is 6.92 Å². The molecule has 76 valence electrons. The Morgan fingerprint density at radius 2 is 2.21 bits per heavy atom. The van der Waals surface area contributed by atoms with Crippen molar-refractivity contribution in [3.8, 4) is 0 Å². The van der Waals surface area contributed by atoms with Crippen molar-refractivity contribution in [1.82, 2.24) is 9.97 Å². The van der Waals surface area contributed by atoms with E-state index in [1.807, 2.05) is 0 Å². The van der Waals surface area contributed by atoms with Crippen LogP contribution in [-0.4, -0.2) is 9.97 Å². The number of hydrogen-bond donors (Lipinski definition) is 0. The van der Waals surface area contributed by atoms with Gasteiger partial charge in [-0.25, -0.2) is 9.97 Å². The van der Waals surface area contributed by atoms with Crippen LogP contribution >= 0.6 is 11.6 Å². The molecule has 0 aliphatic heterocycles. The van der Waals surface area contributed by atoms with Gasteiger partial charge in [-0.05, 0) is 37.7 Å². The molecule has 1 atom stereocenters. The van der Waals surface area contributed by atoms with E-state index in [-0.39, 0.29) is 0 Å². The molecule has 1 aliphatic carbocycles. The summed E-state index contributed by atoms with van der Waals surface area (Å²) in [6.45, 7) is 4.35. The van der Waals surface area contributed by atoms with E-state index in [1.165, 1.54) is 17.7 Å². The summed E-state index contributed by atoms with van der Waals surface area (Å²) in [6.07, 6.45) is 3.46. The summed E-state index contributed by atoms with van der Waals surface area (Å²) in [6, 6.07) is 0. The largest absolute Gasteiger partial charge is 0.237 e. The first-order chi connectivity index (χ1) is 6.70. The first kappa shape index (κ1) is 9.91. The van der Waals surface area contributed by atoms with Crippen LogP contribution in [0.5, 0.6) is 0 Å². The molecule has 1 heterocycles. The van der Waals surface area contributed by atoms with E-state index < -0.39 is 0 Å². The van der Waals surface area contributed by atoms with Gasteiger partial charge in [-0.2, -0.15) is 0 Å². The van der Waals surface area contributed by atoms with Crippen LogP contribution in [-0.2, 0) is 18.7 Å². The highest BCUT2D eigenvalue weighted by Crippen LogP contribution is 2.25.